The molecular weight excluding hydrogens is 344 g/mol. The van der Waals surface area contributed by atoms with E-state index in [0.717, 1.165) is 6.54 Å². The monoisotopic (exact) mass is 376 g/mol. The summed E-state index contributed by atoms with van der Waals surface area (Å²) in [6, 6.07) is 0.293. The number of carbonyl (C=O) groups excluding carboxylic acids is 2. The number of aliphatic hydroxyl groups excluding tert-OH is 1. The number of piperazine rings is 1. The van der Waals surface area contributed by atoms with Crippen LogP contribution in [0, 0.1) is 5.92 Å². The normalized spacial score (nSPS) is 32.9. The van der Waals surface area contributed by atoms with Gasteiger partial charge in [0.05, 0.1) is 5.70 Å². The summed E-state index contributed by atoms with van der Waals surface area (Å²) < 4.78 is 0. The third-order valence-corrected chi connectivity index (χ3v) is 6.92. The van der Waals surface area contributed by atoms with Gasteiger partial charge in [-0.15, -0.1) is 0 Å². The van der Waals surface area contributed by atoms with E-state index in [2.05, 4.69) is 15.1 Å². The van der Waals surface area contributed by atoms with Crippen LogP contribution in [0.2, 0.25) is 0 Å². The molecule has 0 saturated carbocycles. The summed E-state index contributed by atoms with van der Waals surface area (Å²) in [5.41, 5.74) is 0.698. The summed E-state index contributed by atoms with van der Waals surface area (Å²) in [6.07, 6.45) is 6.35. The standard InChI is InChI=1S/C20H32N4O3/c1-14(25)22-9-11-24(12-10-22)18-17(19(26)20(18)27)21-13-15-5-4-8-23-7-3-2-6-16(15)23/h15-16,18,21,26H,2-13H2,1H3/t15-,16-,18?/m1/s1. The summed E-state index contributed by atoms with van der Waals surface area (Å²) in [7, 11) is 0. The van der Waals surface area contributed by atoms with E-state index in [1.807, 2.05) is 4.90 Å². The number of rotatable bonds is 4. The van der Waals surface area contributed by atoms with Crippen molar-refractivity contribution in [1.82, 2.24) is 20.0 Å². The molecule has 3 aliphatic heterocycles. The Bertz CT molecular complexity index is 625. The van der Waals surface area contributed by atoms with Gasteiger partial charge in [0.1, 0.15) is 6.04 Å². The van der Waals surface area contributed by atoms with Crippen LogP contribution in [0.25, 0.3) is 0 Å². The van der Waals surface area contributed by atoms with E-state index in [-0.39, 0.29) is 23.5 Å². The van der Waals surface area contributed by atoms with Gasteiger partial charge in [-0.3, -0.25) is 14.5 Å². The number of piperidine rings is 2. The second kappa shape index (κ2) is 7.80. The van der Waals surface area contributed by atoms with Gasteiger partial charge >= 0.3 is 0 Å². The molecule has 0 aromatic carbocycles. The van der Waals surface area contributed by atoms with Crippen molar-refractivity contribution in [2.45, 2.75) is 51.1 Å². The minimum Gasteiger partial charge on any atom is -0.503 e. The molecule has 3 fully saturated rings. The largest absolute Gasteiger partial charge is 0.503 e. The van der Waals surface area contributed by atoms with E-state index in [1.165, 1.54) is 45.2 Å². The molecule has 3 atom stereocenters. The van der Waals surface area contributed by atoms with Crippen molar-refractivity contribution in [3.63, 3.8) is 0 Å². The second-order valence-corrected chi connectivity index (χ2v) is 8.45. The molecule has 2 N–H and O–H groups in total. The van der Waals surface area contributed by atoms with E-state index in [1.54, 1.807) is 6.92 Å². The Morgan fingerprint density at radius 1 is 1.04 bits per heavy atom. The van der Waals surface area contributed by atoms with Crippen molar-refractivity contribution in [2.75, 3.05) is 45.8 Å². The quantitative estimate of drug-likeness (QED) is 0.753. The molecule has 4 rings (SSSR count). The first kappa shape index (κ1) is 18.7. The van der Waals surface area contributed by atoms with Crippen LogP contribution in [0.4, 0.5) is 0 Å². The molecule has 0 spiro atoms. The van der Waals surface area contributed by atoms with Crippen molar-refractivity contribution in [3.05, 3.63) is 11.5 Å². The molecule has 3 saturated heterocycles. The van der Waals surface area contributed by atoms with Gasteiger partial charge in [-0.2, -0.15) is 0 Å². The van der Waals surface area contributed by atoms with Crippen LogP contribution in [-0.2, 0) is 9.59 Å². The number of Topliss-reactive ketones (excluding diaryl/α,β-unsaturated/α-hetero) is 1. The Balaban J connectivity index is 1.35. The Hall–Kier alpha value is -1.60. The van der Waals surface area contributed by atoms with E-state index >= 15 is 0 Å². The second-order valence-electron chi connectivity index (χ2n) is 8.45. The molecule has 1 amide bonds. The summed E-state index contributed by atoms with van der Waals surface area (Å²) in [4.78, 5) is 30.3. The number of hydrogen-bond acceptors (Lipinski definition) is 6. The topological polar surface area (TPSA) is 76.1 Å². The Morgan fingerprint density at radius 3 is 2.52 bits per heavy atom. The molecule has 0 aromatic heterocycles. The smallest absolute Gasteiger partial charge is 0.222 e. The maximum Gasteiger partial charge on any atom is 0.222 e. The highest BCUT2D eigenvalue weighted by Gasteiger charge is 2.45. The van der Waals surface area contributed by atoms with Gasteiger partial charge in [-0.1, -0.05) is 6.42 Å². The van der Waals surface area contributed by atoms with Gasteiger partial charge in [0, 0.05) is 45.7 Å². The zero-order chi connectivity index (χ0) is 19.0. The number of aliphatic hydroxyl groups is 1. The highest BCUT2D eigenvalue weighted by molar-refractivity contribution is 6.07. The van der Waals surface area contributed by atoms with Crippen molar-refractivity contribution >= 4 is 11.7 Å². The fraction of sp³-hybridized carbons (Fsp3) is 0.800. The van der Waals surface area contributed by atoms with Gasteiger partial charge < -0.3 is 20.2 Å². The van der Waals surface area contributed by atoms with Crippen molar-refractivity contribution in [1.29, 1.82) is 0 Å². The molecule has 0 radical (unpaired) electrons. The molecule has 1 unspecified atom stereocenters. The molecular formula is C20H32N4O3. The zero-order valence-corrected chi connectivity index (χ0v) is 16.3. The lowest BCUT2D eigenvalue weighted by molar-refractivity contribution is -0.132. The fourth-order valence-corrected chi connectivity index (χ4v) is 5.33. The average molecular weight is 377 g/mol. The number of amides is 1. The summed E-state index contributed by atoms with van der Waals surface area (Å²) in [5, 5.41) is 13.6. The minimum absolute atomic E-state index is 0.0839. The predicted octanol–water partition coefficient (Wildman–Crippen LogP) is 0.726. The van der Waals surface area contributed by atoms with E-state index in [0.29, 0.717) is 43.8 Å². The van der Waals surface area contributed by atoms with Gasteiger partial charge in [0.2, 0.25) is 11.7 Å². The van der Waals surface area contributed by atoms with E-state index < -0.39 is 0 Å². The van der Waals surface area contributed by atoms with E-state index in [4.69, 9.17) is 0 Å². The first-order valence-corrected chi connectivity index (χ1v) is 10.5. The molecule has 0 aromatic rings. The van der Waals surface area contributed by atoms with Crippen LogP contribution in [-0.4, -0.2) is 89.4 Å². The molecule has 4 aliphatic rings. The average Bonchev–Trinajstić information content (AvgIpc) is 2.70. The number of nitrogens with zero attached hydrogens (tertiary/aromatic N) is 3. The lowest BCUT2D eigenvalue weighted by Gasteiger charge is -2.46. The summed E-state index contributed by atoms with van der Waals surface area (Å²) >= 11 is 0. The third-order valence-electron chi connectivity index (χ3n) is 6.92. The van der Waals surface area contributed by atoms with Crippen LogP contribution < -0.4 is 5.32 Å². The first-order valence-electron chi connectivity index (χ1n) is 10.5. The van der Waals surface area contributed by atoms with Crippen molar-refractivity contribution in [3.8, 4) is 0 Å². The molecule has 1 aliphatic carbocycles. The number of ketones is 1. The van der Waals surface area contributed by atoms with Gasteiger partial charge in [0.25, 0.3) is 0 Å². The van der Waals surface area contributed by atoms with Crippen LogP contribution in [0.5, 0.6) is 0 Å². The maximum atomic E-state index is 12.3. The van der Waals surface area contributed by atoms with Crippen molar-refractivity contribution in [2.24, 2.45) is 5.92 Å². The summed E-state index contributed by atoms with van der Waals surface area (Å²) in [6.45, 7) is 7.49. The number of hydrogen-bond donors (Lipinski definition) is 2. The third kappa shape index (κ3) is 3.59. The van der Waals surface area contributed by atoms with Gasteiger partial charge in [0.15, 0.2) is 5.76 Å². The molecule has 7 nitrogen and oxygen atoms in total. The minimum atomic E-state index is -0.356. The zero-order valence-electron chi connectivity index (χ0n) is 16.3. The van der Waals surface area contributed by atoms with Crippen LogP contribution in [0.1, 0.15) is 39.0 Å². The fourth-order valence-electron chi connectivity index (χ4n) is 5.33. The number of fused-ring (bicyclic) bond motifs is 1. The van der Waals surface area contributed by atoms with Gasteiger partial charge in [-0.05, 0) is 44.7 Å². The molecule has 150 valence electrons. The Kier molecular flexibility index (Phi) is 5.41. The molecule has 27 heavy (non-hydrogen) atoms. The van der Waals surface area contributed by atoms with Gasteiger partial charge in [-0.25, -0.2) is 0 Å². The highest BCUT2D eigenvalue weighted by atomic mass is 16.3. The number of nitrogens with one attached hydrogen (secondary N) is 1. The van der Waals surface area contributed by atoms with Crippen molar-refractivity contribution < 1.29 is 14.7 Å². The lowest BCUT2D eigenvalue weighted by Crippen LogP contribution is -2.60. The molecule has 7 heteroatoms. The first-order chi connectivity index (χ1) is 13.1. The molecule has 3 heterocycles. The Labute approximate surface area is 161 Å². The highest BCUT2D eigenvalue weighted by Crippen LogP contribution is 2.32. The van der Waals surface area contributed by atoms with Crippen LogP contribution in [0.15, 0.2) is 11.5 Å². The number of carbonyl (C=O) groups is 2. The Morgan fingerprint density at radius 2 is 1.78 bits per heavy atom. The lowest BCUT2D eigenvalue weighted by atomic mass is 9.83. The van der Waals surface area contributed by atoms with Crippen LogP contribution >= 0.6 is 0 Å². The SMILES string of the molecule is CC(=O)N1CCN(C2C(=O)C(O)=C2NC[C@H]2CCCN3CCCC[C@H]23)CC1. The maximum absolute atomic E-state index is 12.3. The molecule has 0 bridgehead atoms. The van der Waals surface area contributed by atoms with Crippen LogP contribution in [0.3, 0.4) is 0 Å². The van der Waals surface area contributed by atoms with E-state index in [9.17, 15) is 14.7 Å². The predicted molar refractivity (Wildman–Crippen MR) is 102 cm³/mol. The summed E-state index contributed by atoms with van der Waals surface area (Å²) in [5.74, 6) is 0.396.